The summed E-state index contributed by atoms with van der Waals surface area (Å²) in [5, 5.41) is 2.95. The minimum Gasteiger partial charge on any atom is -0.474 e. The van der Waals surface area contributed by atoms with Gasteiger partial charge in [0.25, 0.3) is 0 Å². The average Bonchev–Trinajstić information content (AvgIpc) is 2.72. The highest BCUT2D eigenvalue weighted by molar-refractivity contribution is 7.84. The molecule has 8 nitrogen and oxygen atoms in total. The highest BCUT2D eigenvalue weighted by Crippen LogP contribution is 2.28. The number of carbonyl (C=O) groups is 1. The Morgan fingerprint density at radius 2 is 2.00 bits per heavy atom. The third-order valence-electron chi connectivity index (χ3n) is 4.88. The molecule has 1 atom stereocenters. The van der Waals surface area contributed by atoms with Gasteiger partial charge in [-0.1, -0.05) is 0 Å². The van der Waals surface area contributed by atoms with Crippen LogP contribution in [0, 0.1) is 12.7 Å². The van der Waals surface area contributed by atoms with E-state index >= 15 is 0 Å². The largest absolute Gasteiger partial charge is 0.474 e. The molecule has 0 aliphatic carbocycles. The van der Waals surface area contributed by atoms with E-state index in [1.54, 1.807) is 17.9 Å². The highest BCUT2D eigenvalue weighted by atomic mass is 32.2. The van der Waals surface area contributed by atoms with Gasteiger partial charge in [0.15, 0.2) is 0 Å². The molecule has 1 unspecified atom stereocenters. The molecule has 1 N–H and O–H groups in total. The first-order chi connectivity index (χ1) is 14.7. The van der Waals surface area contributed by atoms with Gasteiger partial charge >= 0.3 is 6.09 Å². The van der Waals surface area contributed by atoms with Crippen molar-refractivity contribution in [3.05, 3.63) is 35.9 Å². The SMILES string of the molecule is Cc1c(Nc2ccc(S(C)=O)cc2F)ncnc1OC1CCN(C(=O)OC(C)C)CC1. The van der Waals surface area contributed by atoms with E-state index in [-0.39, 0.29) is 24.0 Å². The number of nitrogens with one attached hydrogen (secondary N) is 1. The molecule has 2 heterocycles. The monoisotopic (exact) mass is 450 g/mol. The van der Waals surface area contributed by atoms with Crippen LogP contribution in [-0.4, -0.2) is 56.7 Å². The molecule has 1 fully saturated rings. The van der Waals surface area contributed by atoms with Crippen LogP contribution in [-0.2, 0) is 15.5 Å². The predicted octanol–water partition coefficient (Wildman–Crippen LogP) is 3.79. The zero-order valence-corrected chi connectivity index (χ0v) is 18.9. The quantitative estimate of drug-likeness (QED) is 0.716. The Kier molecular flexibility index (Phi) is 7.42. The van der Waals surface area contributed by atoms with Crippen LogP contribution in [0.25, 0.3) is 0 Å². The Labute approximate surface area is 183 Å². The average molecular weight is 451 g/mol. The lowest BCUT2D eigenvalue weighted by Crippen LogP contribution is -2.42. The lowest BCUT2D eigenvalue weighted by molar-refractivity contribution is 0.0505. The molecule has 168 valence electrons. The topological polar surface area (TPSA) is 93.6 Å². The Hall–Kier alpha value is -2.75. The van der Waals surface area contributed by atoms with E-state index in [9.17, 15) is 13.4 Å². The number of anilines is 2. The summed E-state index contributed by atoms with van der Waals surface area (Å²) in [5.74, 6) is 0.313. The van der Waals surface area contributed by atoms with Gasteiger partial charge in [-0.05, 0) is 39.0 Å². The van der Waals surface area contributed by atoms with Crippen LogP contribution >= 0.6 is 0 Å². The fourth-order valence-electron chi connectivity index (χ4n) is 3.17. The maximum Gasteiger partial charge on any atom is 0.410 e. The summed E-state index contributed by atoms with van der Waals surface area (Å²) >= 11 is 0. The van der Waals surface area contributed by atoms with Crippen molar-refractivity contribution in [3.63, 3.8) is 0 Å². The molecule has 1 aliphatic heterocycles. The number of aromatic nitrogens is 2. The van der Waals surface area contributed by atoms with Crippen LogP contribution in [0.5, 0.6) is 5.88 Å². The smallest absolute Gasteiger partial charge is 0.410 e. The van der Waals surface area contributed by atoms with Crippen molar-refractivity contribution in [2.75, 3.05) is 24.7 Å². The summed E-state index contributed by atoms with van der Waals surface area (Å²) in [4.78, 5) is 22.5. The number of carbonyl (C=O) groups excluding carboxylic acids is 1. The Morgan fingerprint density at radius 3 is 2.61 bits per heavy atom. The lowest BCUT2D eigenvalue weighted by Gasteiger charge is -2.32. The van der Waals surface area contributed by atoms with E-state index in [2.05, 4.69) is 15.3 Å². The predicted molar refractivity (Wildman–Crippen MR) is 116 cm³/mol. The lowest BCUT2D eigenvalue weighted by atomic mass is 10.1. The van der Waals surface area contributed by atoms with Gasteiger partial charge in [0.1, 0.15) is 24.1 Å². The molecule has 31 heavy (non-hydrogen) atoms. The molecule has 2 aromatic rings. The second-order valence-electron chi connectivity index (χ2n) is 7.61. The molecule has 1 aromatic heterocycles. The maximum atomic E-state index is 14.4. The molecular weight excluding hydrogens is 423 g/mol. The highest BCUT2D eigenvalue weighted by Gasteiger charge is 2.26. The minimum absolute atomic E-state index is 0.0971. The van der Waals surface area contributed by atoms with Crippen LogP contribution in [0.15, 0.2) is 29.4 Å². The molecule has 10 heteroatoms. The first-order valence-electron chi connectivity index (χ1n) is 10.1. The molecule has 0 saturated carbocycles. The Bertz CT molecular complexity index is 964. The van der Waals surface area contributed by atoms with E-state index in [1.807, 2.05) is 13.8 Å². The van der Waals surface area contributed by atoms with Gasteiger partial charge < -0.3 is 19.7 Å². The van der Waals surface area contributed by atoms with Crippen LogP contribution < -0.4 is 10.1 Å². The van der Waals surface area contributed by atoms with Gasteiger partial charge in [0.05, 0.1) is 17.4 Å². The van der Waals surface area contributed by atoms with Gasteiger partial charge in [-0.3, -0.25) is 4.21 Å². The fraction of sp³-hybridized carbons (Fsp3) is 0.476. The van der Waals surface area contributed by atoms with Crippen molar-refractivity contribution < 1.29 is 22.9 Å². The number of piperidine rings is 1. The number of halogens is 1. The van der Waals surface area contributed by atoms with Crippen LogP contribution in [0.2, 0.25) is 0 Å². The number of benzene rings is 1. The van der Waals surface area contributed by atoms with Crippen LogP contribution in [0.3, 0.4) is 0 Å². The summed E-state index contributed by atoms with van der Waals surface area (Å²) in [5.41, 5.74) is 0.866. The van der Waals surface area contributed by atoms with Crippen molar-refractivity contribution in [3.8, 4) is 5.88 Å². The first kappa shape index (κ1) is 22.9. The molecule has 1 aromatic carbocycles. The van der Waals surface area contributed by atoms with E-state index in [1.165, 1.54) is 24.7 Å². The number of hydrogen-bond acceptors (Lipinski definition) is 7. The zero-order valence-electron chi connectivity index (χ0n) is 18.1. The molecule has 0 spiro atoms. The summed E-state index contributed by atoms with van der Waals surface area (Å²) in [6, 6.07) is 4.37. The van der Waals surface area contributed by atoms with Gasteiger partial charge in [0, 0.05) is 47.9 Å². The molecule has 1 amide bonds. The molecular formula is C21H27FN4O4S. The van der Waals surface area contributed by atoms with Gasteiger partial charge in [0.2, 0.25) is 5.88 Å². The number of hydrogen-bond donors (Lipinski definition) is 1. The van der Waals surface area contributed by atoms with Crippen LogP contribution in [0.4, 0.5) is 20.7 Å². The summed E-state index contributed by atoms with van der Waals surface area (Å²) in [6.45, 7) is 6.52. The number of rotatable bonds is 6. The molecule has 0 radical (unpaired) electrons. The van der Waals surface area contributed by atoms with Gasteiger partial charge in [-0.2, -0.15) is 0 Å². The van der Waals surface area contributed by atoms with E-state index in [4.69, 9.17) is 9.47 Å². The zero-order chi connectivity index (χ0) is 22.5. The van der Waals surface area contributed by atoms with Crippen molar-refractivity contribution in [1.29, 1.82) is 0 Å². The first-order valence-corrected chi connectivity index (χ1v) is 11.6. The van der Waals surface area contributed by atoms with Gasteiger partial charge in [-0.15, -0.1) is 0 Å². The summed E-state index contributed by atoms with van der Waals surface area (Å²) in [6.07, 6.45) is 3.61. The van der Waals surface area contributed by atoms with Crippen LogP contribution in [0.1, 0.15) is 32.3 Å². The number of likely N-dealkylation sites (tertiary alicyclic amines) is 1. The van der Waals surface area contributed by atoms with E-state index in [0.29, 0.717) is 48.1 Å². The Balaban J connectivity index is 1.64. The minimum atomic E-state index is -1.26. The summed E-state index contributed by atoms with van der Waals surface area (Å²) < 4.78 is 37.2. The third-order valence-corrected chi connectivity index (χ3v) is 5.80. The fourth-order valence-corrected chi connectivity index (χ4v) is 3.70. The molecule has 1 aliphatic rings. The number of amides is 1. The normalized spacial score (nSPS) is 15.6. The van der Waals surface area contributed by atoms with Crippen molar-refractivity contribution >= 4 is 28.4 Å². The Morgan fingerprint density at radius 1 is 1.29 bits per heavy atom. The maximum absolute atomic E-state index is 14.4. The standard InChI is InChI=1S/C21H27FN4O4S/c1-13(2)29-21(27)26-9-7-15(8-10-26)30-20-14(3)19(23-12-24-20)25-18-6-5-16(31(4)28)11-17(18)22/h5-6,11-13,15H,7-10H2,1-4H3,(H,23,24,25). The molecule has 0 bridgehead atoms. The van der Waals surface area contributed by atoms with E-state index < -0.39 is 16.6 Å². The van der Waals surface area contributed by atoms with Crippen molar-refractivity contribution in [1.82, 2.24) is 14.9 Å². The van der Waals surface area contributed by atoms with E-state index in [0.717, 1.165) is 0 Å². The van der Waals surface area contributed by atoms with Crippen molar-refractivity contribution in [2.24, 2.45) is 0 Å². The molecule has 1 saturated heterocycles. The number of ether oxygens (including phenoxy) is 2. The number of nitrogens with zero attached hydrogens (tertiary/aromatic N) is 3. The molecule has 3 rings (SSSR count). The van der Waals surface area contributed by atoms with Crippen molar-refractivity contribution in [2.45, 2.75) is 50.7 Å². The third kappa shape index (κ3) is 5.90. The second kappa shape index (κ2) is 10.0. The summed E-state index contributed by atoms with van der Waals surface area (Å²) in [7, 11) is -1.26. The second-order valence-corrected chi connectivity index (χ2v) is 8.99. The van der Waals surface area contributed by atoms with Gasteiger partial charge in [-0.25, -0.2) is 19.2 Å².